The zero-order chi connectivity index (χ0) is 16.8. The first-order valence-electron chi connectivity index (χ1n) is 7.32. The van der Waals surface area contributed by atoms with E-state index in [1.807, 2.05) is 46.8 Å². The van der Waals surface area contributed by atoms with E-state index in [-0.39, 0.29) is 0 Å². The highest BCUT2D eigenvalue weighted by atomic mass is 16.6. The second kappa shape index (κ2) is 7.28. The van der Waals surface area contributed by atoms with E-state index in [0.29, 0.717) is 18.7 Å². The molecule has 0 unspecified atom stereocenters. The van der Waals surface area contributed by atoms with Gasteiger partial charge in [-0.3, -0.25) is 0 Å². The normalized spacial score (nSPS) is 11.6. The van der Waals surface area contributed by atoms with Crippen LogP contribution >= 0.6 is 0 Å². The maximum absolute atomic E-state index is 11.8. The number of carbonyl (C=O) groups excluding carboxylic acids is 1. The Morgan fingerprint density at radius 1 is 1.18 bits per heavy atom. The van der Waals surface area contributed by atoms with Gasteiger partial charge >= 0.3 is 6.09 Å². The van der Waals surface area contributed by atoms with Crippen LogP contribution in [0.1, 0.15) is 45.7 Å². The van der Waals surface area contributed by atoms with E-state index in [1.54, 1.807) is 12.1 Å². The van der Waals surface area contributed by atoms with Gasteiger partial charge in [-0.05, 0) is 52.3 Å². The maximum Gasteiger partial charge on any atom is 0.408 e. The molecule has 0 saturated carbocycles. The van der Waals surface area contributed by atoms with Gasteiger partial charge in [0.2, 0.25) is 0 Å². The van der Waals surface area contributed by atoms with E-state index in [2.05, 4.69) is 16.7 Å². The van der Waals surface area contributed by atoms with Gasteiger partial charge in [-0.25, -0.2) is 4.79 Å². The van der Waals surface area contributed by atoms with Crippen LogP contribution in [0.15, 0.2) is 24.3 Å². The molecule has 5 heteroatoms. The molecule has 0 aliphatic carbocycles. The zero-order valence-electron chi connectivity index (χ0n) is 14.0. The third-order valence-electron chi connectivity index (χ3n) is 2.82. The number of hydrogen-bond donors (Lipinski definition) is 2. The Balaban J connectivity index is 2.41. The van der Waals surface area contributed by atoms with Crippen LogP contribution in [0.25, 0.3) is 0 Å². The number of nitriles is 1. The van der Waals surface area contributed by atoms with E-state index >= 15 is 0 Å². The average molecular weight is 303 g/mol. The van der Waals surface area contributed by atoms with Crippen molar-refractivity contribution in [3.8, 4) is 6.07 Å². The highest BCUT2D eigenvalue weighted by Crippen LogP contribution is 2.09. The summed E-state index contributed by atoms with van der Waals surface area (Å²) in [7, 11) is 0. The number of benzene rings is 1. The van der Waals surface area contributed by atoms with Crippen LogP contribution in [-0.2, 0) is 11.3 Å². The fourth-order valence-electron chi connectivity index (χ4n) is 1.84. The zero-order valence-corrected chi connectivity index (χ0v) is 14.0. The van der Waals surface area contributed by atoms with Crippen LogP contribution in [0.5, 0.6) is 0 Å². The number of nitrogens with zero attached hydrogens (tertiary/aromatic N) is 1. The summed E-state index contributed by atoms with van der Waals surface area (Å²) in [6.45, 7) is 10.6. The van der Waals surface area contributed by atoms with Crippen molar-refractivity contribution in [2.24, 2.45) is 0 Å². The summed E-state index contributed by atoms with van der Waals surface area (Å²) >= 11 is 0. The number of amides is 1. The second-order valence-corrected chi connectivity index (χ2v) is 6.92. The molecule has 0 aliphatic heterocycles. The number of rotatable bonds is 5. The van der Waals surface area contributed by atoms with E-state index < -0.39 is 17.2 Å². The Morgan fingerprint density at radius 3 is 2.27 bits per heavy atom. The molecule has 2 N–H and O–H groups in total. The second-order valence-electron chi connectivity index (χ2n) is 6.92. The smallest absolute Gasteiger partial charge is 0.408 e. The van der Waals surface area contributed by atoms with Crippen molar-refractivity contribution in [1.29, 1.82) is 5.26 Å². The number of ether oxygens (including phenoxy) is 1. The monoisotopic (exact) mass is 303 g/mol. The lowest BCUT2D eigenvalue weighted by atomic mass is 10.1. The summed E-state index contributed by atoms with van der Waals surface area (Å²) in [6.07, 6.45) is -0.419. The van der Waals surface area contributed by atoms with Crippen LogP contribution in [0, 0.1) is 11.3 Å². The van der Waals surface area contributed by atoms with Crippen LogP contribution < -0.4 is 10.6 Å². The Morgan fingerprint density at radius 2 is 1.77 bits per heavy atom. The van der Waals surface area contributed by atoms with Crippen molar-refractivity contribution in [3.63, 3.8) is 0 Å². The van der Waals surface area contributed by atoms with Gasteiger partial charge in [0.25, 0.3) is 0 Å². The maximum atomic E-state index is 11.8. The summed E-state index contributed by atoms with van der Waals surface area (Å²) in [5.41, 5.74) is 0.813. The number of hydrogen-bond acceptors (Lipinski definition) is 4. The minimum Gasteiger partial charge on any atom is -0.444 e. The lowest BCUT2D eigenvalue weighted by Gasteiger charge is -2.29. The first kappa shape index (κ1) is 18.0. The van der Waals surface area contributed by atoms with Crippen LogP contribution in [0.2, 0.25) is 0 Å². The Bertz CT molecular complexity index is 537. The van der Waals surface area contributed by atoms with E-state index in [1.165, 1.54) is 0 Å². The average Bonchev–Trinajstić information content (AvgIpc) is 2.36. The van der Waals surface area contributed by atoms with Gasteiger partial charge in [0, 0.05) is 13.1 Å². The third-order valence-corrected chi connectivity index (χ3v) is 2.82. The first-order valence-corrected chi connectivity index (χ1v) is 7.32. The molecular formula is C17H25N3O2. The summed E-state index contributed by atoms with van der Waals surface area (Å²) < 4.78 is 5.26. The van der Waals surface area contributed by atoms with Crippen molar-refractivity contribution < 1.29 is 9.53 Å². The Labute approximate surface area is 132 Å². The highest BCUT2D eigenvalue weighted by molar-refractivity contribution is 5.68. The van der Waals surface area contributed by atoms with Gasteiger partial charge in [-0.15, -0.1) is 0 Å². The molecule has 1 rings (SSSR count). The fourth-order valence-corrected chi connectivity index (χ4v) is 1.84. The van der Waals surface area contributed by atoms with E-state index in [9.17, 15) is 4.79 Å². The molecular weight excluding hydrogens is 278 g/mol. The molecule has 0 heterocycles. The van der Waals surface area contributed by atoms with Crippen molar-refractivity contribution >= 4 is 6.09 Å². The Hall–Kier alpha value is -2.06. The number of carbonyl (C=O) groups is 1. The standard InChI is InChI=1S/C17H25N3O2/c1-16(2,3)22-15(21)20-17(4,5)12-19-11-14-8-6-13(10-18)7-9-14/h6-9,19H,11-12H2,1-5H3,(H,20,21). The lowest BCUT2D eigenvalue weighted by Crippen LogP contribution is -2.51. The molecule has 0 fully saturated rings. The molecule has 1 amide bonds. The topological polar surface area (TPSA) is 74.2 Å². The Kier molecular flexibility index (Phi) is 5.95. The van der Waals surface area contributed by atoms with Gasteiger partial charge in [0.1, 0.15) is 5.60 Å². The molecule has 5 nitrogen and oxygen atoms in total. The minimum atomic E-state index is -0.504. The molecule has 22 heavy (non-hydrogen) atoms. The van der Waals surface area contributed by atoms with Crippen LogP contribution in [0.4, 0.5) is 4.79 Å². The molecule has 120 valence electrons. The fraction of sp³-hybridized carbons (Fsp3) is 0.529. The van der Waals surface area contributed by atoms with Crippen molar-refractivity contribution in [1.82, 2.24) is 10.6 Å². The summed E-state index contributed by atoms with van der Waals surface area (Å²) in [6, 6.07) is 9.51. The van der Waals surface area contributed by atoms with Gasteiger partial charge in [-0.2, -0.15) is 5.26 Å². The minimum absolute atomic E-state index is 0.419. The first-order chi connectivity index (χ1) is 10.1. The summed E-state index contributed by atoms with van der Waals surface area (Å²) in [5, 5.41) is 14.9. The van der Waals surface area contributed by atoms with Crippen LogP contribution in [0.3, 0.4) is 0 Å². The summed E-state index contributed by atoms with van der Waals surface area (Å²) in [4.78, 5) is 11.8. The van der Waals surface area contributed by atoms with Crippen molar-refractivity contribution in [3.05, 3.63) is 35.4 Å². The largest absolute Gasteiger partial charge is 0.444 e. The highest BCUT2D eigenvalue weighted by Gasteiger charge is 2.24. The third kappa shape index (κ3) is 7.09. The molecule has 0 saturated heterocycles. The predicted molar refractivity (Wildman–Crippen MR) is 86.3 cm³/mol. The molecule has 0 aliphatic rings. The molecule has 1 aromatic carbocycles. The number of alkyl carbamates (subject to hydrolysis) is 1. The van der Waals surface area contributed by atoms with Gasteiger partial charge in [0.05, 0.1) is 17.2 Å². The predicted octanol–water partition coefficient (Wildman–Crippen LogP) is 2.95. The molecule has 1 aromatic rings. The number of nitrogens with one attached hydrogen (secondary N) is 2. The summed E-state index contributed by atoms with van der Waals surface area (Å²) in [5.74, 6) is 0. The molecule has 0 spiro atoms. The quantitative estimate of drug-likeness (QED) is 0.877. The van der Waals surface area contributed by atoms with Crippen molar-refractivity contribution in [2.75, 3.05) is 6.54 Å². The van der Waals surface area contributed by atoms with Crippen molar-refractivity contribution in [2.45, 2.75) is 52.3 Å². The SMILES string of the molecule is CC(C)(CNCc1ccc(C#N)cc1)NC(=O)OC(C)(C)C. The van der Waals surface area contributed by atoms with Gasteiger partial charge in [-0.1, -0.05) is 12.1 Å². The van der Waals surface area contributed by atoms with Gasteiger partial charge < -0.3 is 15.4 Å². The van der Waals surface area contributed by atoms with Crippen LogP contribution in [-0.4, -0.2) is 23.8 Å². The molecule has 0 atom stereocenters. The molecule has 0 bridgehead atoms. The molecule has 0 aromatic heterocycles. The molecule has 0 radical (unpaired) electrons. The van der Waals surface area contributed by atoms with E-state index in [4.69, 9.17) is 10.00 Å². The lowest BCUT2D eigenvalue weighted by molar-refractivity contribution is 0.0472. The van der Waals surface area contributed by atoms with Gasteiger partial charge in [0.15, 0.2) is 0 Å². The van der Waals surface area contributed by atoms with E-state index in [0.717, 1.165) is 5.56 Å².